The van der Waals surface area contributed by atoms with Gasteiger partial charge in [-0.2, -0.15) is 16.7 Å². The van der Waals surface area contributed by atoms with Crippen molar-refractivity contribution < 1.29 is 4.52 Å². The highest BCUT2D eigenvalue weighted by molar-refractivity contribution is 7.98. The fourth-order valence-electron chi connectivity index (χ4n) is 1.34. The lowest BCUT2D eigenvalue weighted by Gasteiger charge is -2.26. The summed E-state index contributed by atoms with van der Waals surface area (Å²) in [6.45, 7) is 6.45. The first-order valence-corrected chi connectivity index (χ1v) is 6.52. The van der Waals surface area contributed by atoms with E-state index in [2.05, 4.69) is 29.3 Å². The van der Waals surface area contributed by atoms with Gasteiger partial charge in [-0.3, -0.25) is 0 Å². The molecule has 2 rings (SSSR count). The first kappa shape index (κ1) is 11.0. The van der Waals surface area contributed by atoms with Crippen LogP contribution >= 0.6 is 11.8 Å². The molecule has 0 saturated carbocycles. The maximum absolute atomic E-state index is 5.14. The van der Waals surface area contributed by atoms with E-state index in [1.54, 1.807) is 0 Å². The number of aromatic nitrogens is 2. The van der Waals surface area contributed by atoms with Gasteiger partial charge in [0.15, 0.2) is 5.82 Å². The summed E-state index contributed by atoms with van der Waals surface area (Å²) in [5.74, 6) is 4.80. The number of hydrogen-bond acceptors (Lipinski definition) is 5. The SMILES string of the molecule is CC(C)c1nc(CSCC2CNC2)no1. The molecule has 0 amide bonds. The Hall–Kier alpha value is -0.550. The van der Waals surface area contributed by atoms with Gasteiger partial charge in [0.1, 0.15) is 0 Å². The molecular weight excluding hydrogens is 210 g/mol. The lowest BCUT2D eigenvalue weighted by atomic mass is 10.1. The maximum atomic E-state index is 5.14. The molecule has 15 heavy (non-hydrogen) atoms. The standard InChI is InChI=1S/C10H17N3OS/c1-7(2)10-12-9(13-14-10)6-15-5-8-3-11-4-8/h7-8,11H,3-6H2,1-2H3. The summed E-state index contributed by atoms with van der Waals surface area (Å²) < 4.78 is 5.14. The molecule has 84 valence electrons. The van der Waals surface area contributed by atoms with Crippen LogP contribution in [0.15, 0.2) is 4.52 Å². The van der Waals surface area contributed by atoms with Crippen molar-refractivity contribution in [3.63, 3.8) is 0 Å². The number of rotatable bonds is 5. The first-order valence-electron chi connectivity index (χ1n) is 5.36. The van der Waals surface area contributed by atoms with Crippen LogP contribution in [-0.2, 0) is 5.75 Å². The summed E-state index contributed by atoms with van der Waals surface area (Å²) in [6.07, 6.45) is 0. The summed E-state index contributed by atoms with van der Waals surface area (Å²) >= 11 is 1.89. The van der Waals surface area contributed by atoms with E-state index in [0.717, 1.165) is 36.5 Å². The van der Waals surface area contributed by atoms with Crippen molar-refractivity contribution in [1.82, 2.24) is 15.5 Å². The van der Waals surface area contributed by atoms with Crippen LogP contribution in [0, 0.1) is 5.92 Å². The Morgan fingerprint density at radius 1 is 1.53 bits per heavy atom. The van der Waals surface area contributed by atoms with E-state index in [9.17, 15) is 0 Å². The van der Waals surface area contributed by atoms with E-state index in [1.165, 1.54) is 5.75 Å². The average molecular weight is 227 g/mol. The molecule has 1 aliphatic rings. The Labute approximate surface area is 94.2 Å². The maximum Gasteiger partial charge on any atom is 0.229 e. The van der Waals surface area contributed by atoms with Crippen LogP contribution in [0.25, 0.3) is 0 Å². The third kappa shape index (κ3) is 2.95. The Balaban J connectivity index is 1.72. The Morgan fingerprint density at radius 2 is 2.33 bits per heavy atom. The number of nitrogens with one attached hydrogen (secondary N) is 1. The van der Waals surface area contributed by atoms with Crippen molar-refractivity contribution in [2.45, 2.75) is 25.5 Å². The van der Waals surface area contributed by atoms with Gasteiger partial charge in [-0.1, -0.05) is 19.0 Å². The molecule has 4 nitrogen and oxygen atoms in total. The van der Waals surface area contributed by atoms with Crippen molar-refractivity contribution in [3.05, 3.63) is 11.7 Å². The zero-order valence-corrected chi connectivity index (χ0v) is 10.0. The normalized spacial score (nSPS) is 17.0. The second-order valence-corrected chi connectivity index (χ2v) is 5.27. The summed E-state index contributed by atoms with van der Waals surface area (Å²) in [7, 11) is 0. The fourth-order valence-corrected chi connectivity index (χ4v) is 2.33. The van der Waals surface area contributed by atoms with Gasteiger partial charge in [0.2, 0.25) is 5.89 Å². The van der Waals surface area contributed by atoms with E-state index >= 15 is 0 Å². The van der Waals surface area contributed by atoms with Gasteiger partial charge < -0.3 is 9.84 Å². The molecule has 1 fully saturated rings. The lowest BCUT2D eigenvalue weighted by Crippen LogP contribution is -2.43. The van der Waals surface area contributed by atoms with Gasteiger partial charge in [-0.05, 0) is 24.8 Å². The molecule has 0 spiro atoms. The largest absolute Gasteiger partial charge is 0.339 e. The van der Waals surface area contributed by atoms with Crippen molar-refractivity contribution >= 4 is 11.8 Å². The van der Waals surface area contributed by atoms with Gasteiger partial charge in [-0.25, -0.2) is 0 Å². The highest BCUT2D eigenvalue weighted by Crippen LogP contribution is 2.17. The van der Waals surface area contributed by atoms with Crippen molar-refractivity contribution in [1.29, 1.82) is 0 Å². The second-order valence-electron chi connectivity index (χ2n) is 4.24. The predicted molar refractivity (Wildman–Crippen MR) is 60.9 cm³/mol. The number of thioether (sulfide) groups is 1. The summed E-state index contributed by atoms with van der Waals surface area (Å²) in [5, 5.41) is 7.22. The number of hydrogen-bond donors (Lipinski definition) is 1. The highest BCUT2D eigenvalue weighted by Gasteiger charge is 2.17. The Kier molecular flexibility index (Phi) is 3.64. The van der Waals surface area contributed by atoms with Gasteiger partial charge in [0.05, 0.1) is 5.75 Å². The molecule has 0 unspecified atom stereocenters. The van der Waals surface area contributed by atoms with Gasteiger partial charge in [0.25, 0.3) is 0 Å². The molecule has 1 aromatic heterocycles. The van der Waals surface area contributed by atoms with Crippen LogP contribution in [0.1, 0.15) is 31.5 Å². The van der Waals surface area contributed by atoms with Crippen LogP contribution in [0.3, 0.4) is 0 Å². The van der Waals surface area contributed by atoms with Crippen molar-refractivity contribution in [2.24, 2.45) is 5.92 Å². The summed E-state index contributed by atoms with van der Waals surface area (Å²) in [5.41, 5.74) is 0. The molecule has 0 aromatic carbocycles. The number of nitrogens with zero attached hydrogens (tertiary/aromatic N) is 2. The first-order chi connectivity index (χ1) is 7.25. The third-order valence-corrected chi connectivity index (χ3v) is 3.60. The molecule has 1 saturated heterocycles. The third-order valence-electron chi connectivity index (χ3n) is 2.43. The van der Waals surface area contributed by atoms with Gasteiger partial charge in [-0.15, -0.1) is 0 Å². The van der Waals surface area contributed by atoms with E-state index in [-0.39, 0.29) is 0 Å². The minimum absolute atomic E-state index is 0.326. The Morgan fingerprint density at radius 3 is 2.87 bits per heavy atom. The molecule has 2 heterocycles. The van der Waals surface area contributed by atoms with Gasteiger partial charge >= 0.3 is 0 Å². The molecule has 0 aliphatic carbocycles. The minimum atomic E-state index is 0.326. The zero-order valence-electron chi connectivity index (χ0n) is 9.19. The zero-order chi connectivity index (χ0) is 10.7. The quantitative estimate of drug-likeness (QED) is 0.829. The van der Waals surface area contributed by atoms with Gasteiger partial charge in [0, 0.05) is 5.92 Å². The predicted octanol–water partition coefficient (Wildman–Crippen LogP) is 1.65. The van der Waals surface area contributed by atoms with E-state index in [1.807, 2.05) is 11.8 Å². The molecule has 0 bridgehead atoms. The van der Waals surface area contributed by atoms with Crippen LogP contribution in [0.4, 0.5) is 0 Å². The molecule has 1 aromatic rings. The van der Waals surface area contributed by atoms with Crippen molar-refractivity contribution in [3.8, 4) is 0 Å². The van der Waals surface area contributed by atoms with E-state index < -0.39 is 0 Å². The Bertz CT molecular complexity index is 309. The molecular formula is C10H17N3OS. The molecule has 1 aliphatic heterocycles. The van der Waals surface area contributed by atoms with Crippen LogP contribution in [-0.4, -0.2) is 29.0 Å². The topological polar surface area (TPSA) is 51.0 Å². The highest BCUT2D eigenvalue weighted by atomic mass is 32.2. The van der Waals surface area contributed by atoms with E-state index in [0.29, 0.717) is 5.92 Å². The average Bonchev–Trinajstić information content (AvgIpc) is 2.57. The molecule has 1 N–H and O–H groups in total. The molecule has 0 radical (unpaired) electrons. The fraction of sp³-hybridized carbons (Fsp3) is 0.800. The van der Waals surface area contributed by atoms with Crippen molar-refractivity contribution in [2.75, 3.05) is 18.8 Å². The summed E-state index contributed by atoms with van der Waals surface area (Å²) in [4.78, 5) is 4.34. The van der Waals surface area contributed by atoms with Crippen LogP contribution in [0.2, 0.25) is 0 Å². The summed E-state index contributed by atoms with van der Waals surface area (Å²) in [6, 6.07) is 0. The molecule has 0 atom stereocenters. The van der Waals surface area contributed by atoms with Crippen LogP contribution < -0.4 is 5.32 Å². The second kappa shape index (κ2) is 4.99. The monoisotopic (exact) mass is 227 g/mol. The molecule has 5 heteroatoms. The van der Waals surface area contributed by atoms with E-state index in [4.69, 9.17) is 4.52 Å². The minimum Gasteiger partial charge on any atom is -0.339 e. The lowest BCUT2D eigenvalue weighted by molar-refractivity contribution is 0.362. The van der Waals surface area contributed by atoms with Crippen LogP contribution in [0.5, 0.6) is 0 Å². The smallest absolute Gasteiger partial charge is 0.229 e.